The van der Waals surface area contributed by atoms with E-state index < -0.39 is 0 Å². The second-order valence-electron chi connectivity index (χ2n) is 3.24. The summed E-state index contributed by atoms with van der Waals surface area (Å²) in [6.45, 7) is 4.13. The van der Waals surface area contributed by atoms with Gasteiger partial charge in [0.2, 0.25) is 0 Å². The van der Waals surface area contributed by atoms with Gasteiger partial charge < -0.3 is 10.7 Å². The van der Waals surface area contributed by atoms with Crippen molar-refractivity contribution in [3.63, 3.8) is 0 Å². The van der Waals surface area contributed by atoms with Crippen molar-refractivity contribution in [1.29, 1.82) is 0 Å². The molecule has 1 aromatic heterocycles. The molecular weight excluding hydrogens is 166 g/mol. The third kappa shape index (κ3) is 2.39. The number of H-pyrrole nitrogens is 1. The minimum absolute atomic E-state index is 0.110. The molecule has 0 amide bonds. The van der Waals surface area contributed by atoms with Crippen LogP contribution < -0.4 is 11.4 Å². The second-order valence-corrected chi connectivity index (χ2v) is 3.24. The summed E-state index contributed by atoms with van der Waals surface area (Å²) in [6.07, 6.45) is 2.47. The van der Waals surface area contributed by atoms with E-state index in [2.05, 4.69) is 23.8 Å². The summed E-state index contributed by atoms with van der Waals surface area (Å²) in [5, 5.41) is 0. The van der Waals surface area contributed by atoms with E-state index in [9.17, 15) is 4.79 Å². The minimum Gasteiger partial charge on any atom is -0.323 e. The van der Waals surface area contributed by atoms with Crippen LogP contribution in [0.15, 0.2) is 17.1 Å². The predicted octanol–water partition coefficient (Wildman–Crippen LogP) is 0.816. The third-order valence-corrected chi connectivity index (χ3v) is 2.31. The van der Waals surface area contributed by atoms with Crippen LogP contribution in [-0.2, 0) is 0 Å². The van der Waals surface area contributed by atoms with Gasteiger partial charge in [-0.2, -0.15) is 0 Å². The van der Waals surface area contributed by atoms with Crippen molar-refractivity contribution >= 4 is 0 Å². The van der Waals surface area contributed by atoms with Crippen molar-refractivity contribution < 1.29 is 0 Å². The molecule has 4 nitrogen and oxygen atoms in total. The van der Waals surface area contributed by atoms with Crippen molar-refractivity contribution in [2.24, 2.45) is 11.7 Å². The number of nitrogens with two attached hydrogens (primary N) is 1. The Bertz CT molecular complexity index is 321. The lowest BCUT2D eigenvalue weighted by molar-refractivity contribution is 0.447. The Labute approximate surface area is 77.2 Å². The largest absolute Gasteiger partial charge is 0.345 e. The van der Waals surface area contributed by atoms with Crippen LogP contribution in [0.4, 0.5) is 0 Å². The van der Waals surface area contributed by atoms with Gasteiger partial charge in [0.15, 0.2) is 0 Å². The molecular formula is C9H15N3O. The molecule has 1 heterocycles. The molecule has 72 valence electrons. The smallest absolute Gasteiger partial charge is 0.323 e. The van der Waals surface area contributed by atoms with Gasteiger partial charge in [-0.05, 0) is 12.0 Å². The molecule has 0 bridgehead atoms. The van der Waals surface area contributed by atoms with Gasteiger partial charge >= 0.3 is 5.69 Å². The van der Waals surface area contributed by atoms with Crippen molar-refractivity contribution in [2.75, 3.05) is 0 Å². The monoisotopic (exact) mass is 181 g/mol. The molecule has 2 atom stereocenters. The van der Waals surface area contributed by atoms with Crippen molar-refractivity contribution in [3.05, 3.63) is 28.4 Å². The third-order valence-electron chi connectivity index (χ3n) is 2.31. The van der Waals surface area contributed by atoms with E-state index in [0.717, 1.165) is 12.1 Å². The van der Waals surface area contributed by atoms with Crippen LogP contribution in [0.1, 0.15) is 32.0 Å². The molecule has 1 rings (SSSR count). The van der Waals surface area contributed by atoms with Crippen LogP contribution in [0.2, 0.25) is 0 Å². The zero-order valence-corrected chi connectivity index (χ0v) is 7.95. The molecule has 0 radical (unpaired) electrons. The fourth-order valence-corrected chi connectivity index (χ4v) is 1.14. The topological polar surface area (TPSA) is 71.8 Å². The molecule has 0 aliphatic rings. The number of nitrogens with zero attached hydrogens (tertiary/aromatic N) is 1. The summed E-state index contributed by atoms with van der Waals surface area (Å²) in [5.41, 5.74) is 6.34. The van der Waals surface area contributed by atoms with Gasteiger partial charge in [0, 0.05) is 17.9 Å². The molecule has 0 fully saturated rings. The van der Waals surface area contributed by atoms with E-state index in [-0.39, 0.29) is 11.7 Å². The maximum atomic E-state index is 10.9. The highest BCUT2D eigenvalue weighted by molar-refractivity contribution is 5.04. The summed E-state index contributed by atoms with van der Waals surface area (Å²) in [5.74, 6) is 0.359. The van der Waals surface area contributed by atoms with E-state index in [4.69, 9.17) is 5.73 Å². The van der Waals surface area contributed by atoms with Gasteiger partial charge in [-0.3, -0.25) is 0 Å². The molecule has 3 N–H and O–H groups in total. The van der Waals surface area contributed by atoms with E-state index in [1.165, 1.54) is 6.20 Å². The average Bonchev–Trinajstić information content (AvgIpc) is 2.15. The lowest BCUT2D eigenvalue weighted by Crippen LogP contribution is -2.23. The molecule has 0 aliphatic carbocycles. The highest BCUT2D eigenvalue weighted by Crippen LogP contribution is 2.18. The Kier molecular flexibility index (Phi) is 3.19. The standard InChI is InChI=1S/C9H15N3O/c1-3-6(2)8(10)7-4-5-11-9(13)12-7/h4-6,8H,3,10H2,1-2H3,(H,11,12,13)/t6-,8-/m0/s1. The van der Waals surface area contributed by atoms with Crippen LogP contribution in [0.5, 0.6) is 0 Å². The van der Waals surface area contributed by atoms with Gasteiger partial charge in [0.05, 0.1) is 0 Å². The summed E-state index contributed by atoms with van der Waals surface area (Å²) in [7, 11) is 0. The van der Waals surface area contributed by atoms with E-state index in [0.29, 0.717) is 5.92 Å². The molecule has 1 aromatic rings. The van der Waals surface area contributed by atoms with E-state index in [1.807, 2.05) is 0 Å². The minimum atomic E-state index is -0.337. The highest BCUT2D eigenvalue weighted by atomic mass is 16.1. The molecule has 0 aliphatic heterocycles. The zero-order valence-electron chi connectivity index (χ0n) is 7.95. The Morgan fingerprint density at radius 2 is 2.38 bits per heavy atom. The predicted molar refractivity (Wildman–Crippen MR) is 51.2 cm³/mol. The number of nitrogens with one attached hydrogen (secondary N) is 1. The Balaban J connectivity index is 2.88. The summed E-state index contributed by atoms with van der Waals surface area (Å²) >= 11 is 0. The zero-order chi connectivity index (χ0) is 9.84. The lowest BCUT2D eigenvalue weighted by Gasteiger charge is -2.17. The van der Waals surface area contributed by atoms with Gasteiger partial charge in [-0.25, -0.2) is 9.78 Å². The molecule has 0 unspecified atom stereocenters. The van der Waals surface area contributed by atoms with Crippen LogP contribution in [0.25, 0.3) is 0 Å². The molecule has 0 spiro atoms. The Morgan fingerprint density at radius 3 is 2.92 bits per heavy atom. The first-order valence-electron chi connectivity index (χ1n) is 4.46. The molecule has 0 aromatic carbocycles. The maximum Gasteiger partial charge on any atom is 0.345 e. The highest BCUT2D eigenvalue weighted by Gasteiger charge is 2.13. The lowest BCUT2D eigenvalue weighted by atomic mass is 9.97. The van der Waals surface area contributed by atoms with Gasteiger partial charge in [0.1, 0.15) is 0 Å². The van der Waals surface area contributed by atoms with Crippen molar-refractivity contribution in [3.8, 4) is 0 Å². The fraction of sp³-hybridized carbons (Fsp3) is 0.556. The first kappa shape index (κ1) is 9.92. The van der Waals surface area contributed by atoms with Gasteiger partial charge in [0.25, 0.3) is 0 Å². The fourth-order valence-electron chi connectivity index (χ4n) is 1.14. The van der Waals surface area contributed by atoms with Crippen LogP contribution in [0, 0.1) is 5.92 Å². The van der Waals surface area contributed by atoms with Crippen LogP contribution >= 0.6 is 0 Å². The number of hydrogen-bond donors (Lipinski definition) is 2. The van der Waals surface area contributed by atoms with E-state index >= 15 is 0 Å². The Hall–Kier alpha value is -1.16. The summed E-state index contributed by atoms with van der Waals surface area (Å²) in [6, 6.07) is 1.64. The first-order chi connectivity index (χ1) is 6.15. The second kappa shape index (κ2) is 4.18. The van der Waals surface area contributed by atoms with Crippen molar-refractivity contribution in [2.45, 2.75) is 26.3 Å². The number of rotatable bonds is 3. The van der Waals surface area contributed by atoms with Crippen molar-refractivity contribution in [1.82, 2.24) is 9.97 Å². The number of hydrogen-bond acceptors (Lipinski definition) is 3. The van der Waals surface area contributed by atoms with E-state index in [1.54, 1.807) is 6.07 Å². The first-order valence-corrected chi connectivity index (χ1v) is 4.46. The van der Waals surface area contributed by atoms with Gasteiger partial charge in [-0.1, -0.05) is 20.3 Å². The normalized spacial score (nSPS) is 15.3. The quantitative estimate of drug-likeness (QED) is 0.725. The van der Waals surface area contributed by atoms with Crippen LogP contribution in [-0.4, -0.2) is 9.97 Å². The Morgan fingerprint density at radius 1 is 1.69 bits per heavy atom. The molecule has 0 saturated heterocycles. The summed E-state index contributed by atoms with van der Waals surface area (Å²) in [4.78, 5) is 17.1. The van der Waals surface area contributed by atoms with Gasteiger partial charge in [-0.15, -0.1) is 0 Å². The number of aromatic nitrogens is 2. The SMILES string of the molecule is CC[C@H](C)[C@H](N)c1ccnc(=O)[nH]1. The molecule has 13 heavy (non-hydrogen) atoms. The van der Waals surface area contributed by atoms with Crippen LogP contribution in [0.3, 0.4) is 0 Å². The molecule has 0 saturated carbocycles. The number of aromatic amines is 1. The average molecular weight is 181 g/mol. The maximum absolute atomic E-state index is 10.9. The summed E-state index contributed by atoms with van der Waals surface area (Å²) < 4.78 is 0. The molecule has 4 heteroatoms.